The molecule has 8 heteroatoms. The molecule has 1 aliphatic rings. The highest BCUT2D eigenvalue weighted by Crippen LogP contribution is 2.14. The first-order valence-corrected chi connectivity index (χ1v) is 5.64. The van der Waals surface area contributed by atoms with Crippen molar-refractivity contribution in [2.75, 3.05) is 13.1 Å². The zero-order valence-corrected chi connectivity index (χ0v) is 8.37. The van der Waals surface area contributed by atoms with Crippen LogP contribution in [0.3, 0.4) is 0 Å². The number of carbonyl (C=O) groups excluding carboxylic acids is 1. The average molecular weight is 223 g/mol. The molecule has 1 amide bonds. The standard InChI is InChI=1S/C6H13N3O4S/c7-6(10)13-5-2-1-3-9(4-5)14(8,11)12/h5H,1-4H2,(H2,7,10)(H2,8,11,12). The largest absolute Gasteiger partial charge is 0.445 e. The van der Waals surface area contributed by atoms with Gasteiger partial charge in [-0.2, -0.15) is 12.7 Å². The average Bonchev–Trinajstić information content (AvgIpc) is 2.01. The molecule has 14 heavy (non-hydrogen) atoms. The van der Waals surface area contributed by atoms with Crippen molar-refractivity contribution in [3.8, 4) is 0 Å². The molecule has 1 saturated heterocycles. The second kappa shape index (κ2) is 4.11. The highest BCUT2D eigenvalue weighted by atomic mass is 32.2. The Morgan fingerprint density at radius 3 is 2.64 bits per heavy atom. The van der Waals surface area contributed by atoms with Gasteiger partial charge in [0.1, 0.15) is 6.10 Å². The molecule has 0 spiro atoms. The van der Waals surface area contributed by atoms with Crippen molar-refractivity contribution in [1.82, 2.24) is 4.31 Å². The van der Waals surface area contributed by atoms with E-state index in [1.165, 1.54) is 0 Å². The van der Waals surface area contributed by atoms with Crippen LogP contribution in [-0.2, 0) is 14.9 Å². The molecule has 7 nitrogen and oxygen atoms in total. The number of piperidine rings is 1. The summed E-state index contributed by atoms with van der Waals surface area (Å²) < 4.78 is 27.7. The first-order chi connectivity index (χ1) is 6.39. The fourth-order valence-corrected chi connectivity index (χ4v) is 2.15. The maximum Gasteiger partial charge on any atom is 0.404 e. The molecule has 0 saturated carbocycles. The Bertz CT molecular complexity index is 315. The van der Waals surface area contributed by atoms with Crippen LogP contribution in [0.15, 0.2) is 0 Å². The van der Waals surface area contributed by atoms with Crippen LogP contribution in [0.5, 0.6) is 0 Å². The van der Waals surface area contributed by atoms with Gasteiger partial charge in [-0.05, 0) is 12.8 Å². The topological polar surface area (TPSA) is 116 Å². The Kier molecular flexibility index (Phi) is 3.29. The Morgan fingerprint density at radius 1 is 1.50 bits per heavy atom. The summed E-state index contributed by atoms with van der Waals surface area (Å²) in [6.45, 7) is 0.444. The van der Waals surface area contributed by atoms with E-state index in [9.17, 15) is 13.2 Å². The molecule has 0 radical (unpaired) electrons. The minimum atomic E-state index is -3.69. The van der Waals surface area contributed by atoms with E-state index < -0.39 is 22.4 Å². The van der Waals surface area contributed by atoms with E-state index in [0.29, 0.717) is 19.4 Å². The van der Waals surface area contributed by atoms with Crippen LogP contribution in [0, 0.1) is 0 Å². The van der Waals surface area contributed by atoms with Crippen molar-refractivity contribution in [2.45, 2.75) is 18.9 Å². The summed E-state index contributed by atoms with van der Waals surface area (Å²) in [5.74, 6) is 0. The second-order valence-corrected chi connectivity index (χ2v) is 4.65. The van der Waals surface area contributed by atoms with E-state index in [-0.39, 0.29) is 6.54 Å². The number of carbonyl (C=O) groups is 1. The molecule has 1 aliphatic heterocycles. The molecule has 1 fully saturated rings. The monoisotopic (exact) mass is 223 g/mol. The third kappa shape index (κ3) is 3.13. The van der Waals surface area contributed by atoms with Gasteiger partial charge in [0.2, 0.25) is 0 Å². The maximum atomic E-state index is 10.9. The van der Waals surface area contributed by atoms with Gasteiger partial charge in [0.25, 0.3) is 10.2 Å². The lowest BCUT2D eigenvalue weighted by atomic mass is 10.1. The van der Waals surface area contributed by atoms with E-state index in [4.69, 9.17) is 15.6 Å². The molecule has 0 aromatic rings. The third-order valence-corrected chi connectivity index (χ3v) is 3.04. The maximum absolute atomic E-state index is 10.9. The molecule has 1 atom stereocenters. The minimum Gasteiger partial charge on any atom is -0.445 e. The fourth-order valence-electron chi connectivity index (χ4n) is 1.40. The summed E-state index contributed by atoms with van der Waals surface area (Å²) in [6.07, 6.45) is -0.172. The zero-order chi connectivity index (χ0) is 10.8. The number of hydrogen-bond acceptors (Lipinski definition) is 4. The van der Waals surface area contributed by atoms with Crippen molar-refractivity contribution in [2.24, 2.45) is 10.9 Å². The Labute approximate surface area is 82.2 Å². The van der Waals surface area contributed by atoms with E-state index in [0.717, 1.165) is 4.31 Å². The van der Waals surface area contributed by atoms with Crippen molar-refractivity contribution in [3.05, 3.63) is 0 Å². The molecular formula is C6H13N3O4S. The second-order valence-electron chi connectivity index (χ2n) is 3.10. The summed E-state index contributed by atoms with van der Waals surface area (Å²) in [5, 5.41) is 4.93. The first-order valence-electron chi connectivity index (χ1n) is 4.13. The van der Waals surface area contributed by atoms with Crippen LogP contribution in [0.1, 0.15) is 12.8 Å². The lowest BCUT2D eigenvalue weighted by Crippen LogP contribution is -2.46. The SMILES string of the molecule is NC(=O)OC1CCCN(S(N)(=O)=O)C1. The van der Waals surface area contributed by atoms with Gasteiger partial charge in [-0.1, -0.05) is 0 Å². The van der Waals surface area contributed by atoms with Gasteiger partial charge in [0.15, 0.2) is 0 Å². The molecule has 4 N–H and O–H groups in total. The molecule has 1 heterocycles. The van der Waals surface area contributed by atoms with Crippen molar-refractivity contribution in [1.29, 1.82) is 0 Å². The van der Waals surface area contributed by atoms with Crippen molar-refractivity contribution < 1.29 is 17.9 Å². The summed E-state index contributed by atoms with van der Waals surface area (Å²) in [5.41, 5.74) is 4.82. The van der Waals surface area contributed by atoms with Crippen LogP contribution in [0.25, 0.3) is 0 Å². The van der Waals surface area contributed by atoms with E-state index in [1.54, 1.807) is 0 Å². The van der Waals surface area contributed by atoms with Crippen molar-refractivity contribution >= 4 is 16.3 Å². The summed E-state index contributed by atoms with van der Waals surface area (Å²) in [7, 11) is -3.69. The Balaban J connectivity index is 2.56. The highest BCUT2D eigenvalue weighted by molar-refractivity contribution is 7.86. The lowest BCUT2D eigenvalue weighted by Gasteiger charge is -2.29. The number of hydrogen-bond donors (Lipinski definition) is 2. The molecule has 82 valence electrons. The van der Waals surface area contributed by atoms with E-state index in [1.807, 2.05) is 0 Å². The number of rotatable bonds is 2. The molecule has 0 aromatic heterocycles. The van der Waals surface area contributed by atoms with Crippen molar-refractivity contribution in [3.63, 3.8) is 0 Å². The molecule has 1 unspecified atom stereocenters. The molecule has 1 rings (SSSR count). The number of nitrogens with zero attached hydrogens (tertiary/aromatic N) is 1. The molecule has 0 aliphatic carbocycles. The van der Waals surface area contributed by atoms with Gasteiger partial charge in [-0.15, -0.1) is 0 Å². The van der Waals surface area contributed by atoms with Crippen LogP contribution >= 0.6 is 0 Å². The van der Waals surface area contributed by atoms with Gasteiger partial charge >= 0.3 is 6.09 Å². The van der Waals surface area contributed by atoms with Crippen LogP contribution in [0.4, 0.5) is 4.79 Å². The minimum absolute atomic E-state index is 0.0851. The molecule has 0 aromatic carbocycles. The van der Waals surface area contributed by atoms with Crippen LogP contribution in [0.2, 0.25) is 0 Å². The Hall–Kier alpha value is -0.860. The number of ether oxygens (including phenoxy) is 1. The third-order valence-electron chi connectivity index (χ3n) is 1.98. The van der Waals surface area contributed by atoms with Gasteiger partial charge in [-0.25, -0.2) is 9.93 Å². The molecular weight excluding hydrogens is 210 g/mol. The van der Waals surface area contributed by atoms with Gasteiger partial charge in [0.05, 0.1) is 6.54 Å². The normalized spacial score (nSPS) is 24.5. The van der Waals surface area contributed by atoms with Crippen LogP contribution < -0.4 is 10.9 Å². The fraction of sp³-hybridized carbons (Fsp3) is 0.833. The summed E-state index contributed by atoms with van der Waals surface area (Å²) >= 11 is 0. The zero-order valence-electron chi connectivity index (χ0n) is 7.55. The first kappa shape index (κ1) is 11.2. The van der Waals surface area contributed by atoms with Gasteiger partial charge in [-0.3, -0.25) is 0 Å². The number of amides is 1. The number of nitrogens with two attached hydrogens (primary N) is 2. The molecule has 0 bridgehead atoms. The van der Waals surface area contributed by atoms with Gasteiger partial charge < -0.3 is 10.5 Å². The highest BCUT2D eigenvalue weighted by Gasteiger charge is 2.27. The van der Waals surface area contributed by atoms with E-state index in [2.05, 4.69) is 0 Å². The summed E-state index contributed by atoms with van der Waals surface area (Å²) in [6, 6.07) is 0. The quantitative estimate of drug-likeness (QED) is 0.608. The lowest BCUT2D eigenvalue weighted by molar-refractivity contribution is 0.0710. The number of primary amides is 1. The Morgan fingerprint density at radius 2 is 2.14 bits per heavy atom. The smallest absolute Gasteiger partial charge is 0.404 e. The van der Waals surface area contributed by atoms with Gasteiger partial charge in [0, 0.05) is 6.54 Å². The predicted molar refractivity (Wildman–Crippen MR) is 48.4 cm³/mol. The summed E-state index contributed by atoms with van der Waals surface area (Å²) in [4.78, 5) is 10.4. The predicted octanol–water partition coefficient (Wildman–Crippen LogP) is -1.25. The van der Waals surface area contributed by atoms with Crippen LogP contribution in [-0.4, -0.2) is 38.0 Å². The van der Waals surface area contributed by atoms with E-state index >= 15 is 0 Å².